The molecule has 2 aliphatic rings. The Labute approximate surface area is 208 Å². The van der Waals surface area contributed by atoms with E-state index in [-0.39, 0.29) is 13.1 Å². The minimum absolute atomic E-state index is 0.0151. The van der Waals surface area contributed by atoms with Gasteiger partial charge in [-0.1, -0.05) is 28.7 Å². The Hall–Kier alpha value is -2.25. The van der Waals surface area contributed by atoms with E-state index < -0.39 is 35.9 Å². The molecule has 4 rings (SSSR count). The molecular formula is C23H24F3IN2O5. The Morgan fingerprint density at radius 1 is 1.29 bits per heavy atom. The highest BCUT2D eigenvalue weighted by Gasteiger charge is 2.46. The van der Waals surface area contributed by atoms with Gasteiger partial charge in [-0.3, -0.25) is 9.69 Å². The highest BCUT2D eigenvalue weighted by molar-refractivity contribution is 14.1. The molecule has 1 saturated heterocycles. The number of nitrogens with one attached hydrogen (secondary N) is 1. The first-order chi connectivity index (χ1) is 16.3. The van der Waals surface area contributed by atoms with Crippen molar-refractivity contribution >= 4 is 34.6 Å². The number of furan rings is 1. The van der Waals surface area contributed by atoms with Gasteiger partial charge in [0.25, 0.3) is 5.91 Å². The van der Waals surface area contributed by atoms with Crippen molar-refractivity contribution in [3.63, 3.8) is 0 Å². The zero-order valence-electron chi connectivity index (χ0n) is 18.1. The van der Waals surface area contributed by atoms with E-state index in [2.05, 4.69) is 5.32 Å². The number of nitrogens with zero attached hydrogens (tertiary/aromatic N) is 1. The van der Waals surface area contributed by atoms with E-state index in [1.54, 1.807) is 33.3 Å². The van der Waals surface area contributed by atoms with Crippen LogP contribution in [0.25, 0.3) is 6.08 Å². The SMILES string of the molecule is O=C(N[C@H](CN1CC[C@@H](F)C1)[C@H](O)c1ccc2c(c1)OCCO2)C(F)(F)c1cc(/C=C/I)co1. The quantitative estimate of drug-likeness (QED) is 0.454. The van der Waals surface area contributed by atoms with E-state index in [1.807, 2.05) is 22.6 Å². The summed E-state index contributed by atoms with van der Waals surface area (Å²) >= 11 is 1.94. The van der Waals surface area contributed by atoms with Gasteiger partial charge in [0.05, 0.1) is 12.3 Å². The number of amides is 1. The molecule has 0 unspecified atom stereocenters. The Morgan fingerprint density at radius 2 is 2.06 bits per heavy atom. The zero-order valence-corrected chi connectivity index (χ0v) is 20.2. The van der Waals surface area contributed by atoms with Crippen LogP contribution >= 0.6 is 22.6 Å². The molecule has 1 aromatic carbocycles. The van der Waals surface area contributed by atoms with Crippen LogP contribution in [0.3, 0.4) is 0 Å². The number of carbonyl (C=O) groups is 1. The van der Waals surface area contributed by atoms with Crippen LogP contribution in [0.1, 0.15) is 29.4 Å². The molecule has 34 heavy (non-hydrogen) atoms. The van der Waals surface area contributed by atoms with Gasteiger partial charge in [-0.05, 0) is 40.3 Å². The molecule has 2 N–H and O–H groups in total. The monoisotopic (exact) mass is 592 g/mol. The number of rotatable bonds is 8. The van der Waals surface area contributed by atoms with Crippen molar-refractivity contribution in [3.8, 4) is 11.5 Å². The minimum Gasteiger partial charge on any atom is -0.486 e. The third-order valence-electron chi connectivity index (χ3n) is 5.74. The lowest BCUT2D eigenvalue weighted by molar-refractivity contribution is -0.151. The summed E-state index contributed by atoms with van der Waals surface area (Å²) < 4.78 is 61.1. The number of aliphatic hydroxyl groups excluding tert-OH is 1. The van der Waals surface area contributed by atoms with Gasteiger partial charge in [0.2, 0.25) is 0 Å². The summed E-state index contributed by atoms with van der Waals surface area (Å²) in [6.45, 7) is 1.20. The summed E-state index contributed by atoms with van der Waals surface area (Å²) in [7, 11) is 0. The number of carbonyl (C=O) groups excluding carboxylic acids is 1. The maximum Gasteiger partial charge on any atom is 0.380 e. The average Bonchev–Trinajstić information content (AvgIpc) is 3.47. The molecule has 1 fully saturated rings. The predicted molar refractivity (Wildman–Crippen MR) is 126 cm³/mol. The molecule has 2 aliphatic heterocycles. The van der Waals surface area contributed by atoms with E-state index in [4.69, 9.17) is 13.9 Å². The molecule has 0 aliphatic carbocycles. The zero-order chi connectivity index (χ0) is 24.3. The van der Waals surface area contributed by atoms with Crippen LogP contribution in [0.4, 0.5) is 13.2 Å². The third kappa shape index (κ3) is 5.52. The Kier molecular flexibility index (Phi) is 7.73. The summed E-state index contributed by atoms with van der Waals surface area (Å²) in [4.78, 5) is 14.3. The van der Waals surface area contributed by atoms with Gasteiger partial charge in [0, 0.05) is 25.2 Å². The van der Waals surface area contributed by atoms with Crippen LogP contribution in [0.2, 0.25) is 0 Å². The smallest absolute Gasteiger partial charge is 0.380 e. The van der Waals surface area contributed by atoms with Crippen LogP contribution in [-0.2, 0) is 10.7 Å². The van der Waals surface area contributed by atoms with Crippen LogP contribution < -0.4 is 14.8 Å². The summed E-state index contributed by atoms with van der Waals surface area (Å²) in [6, 6.07) is 4.67. The van der Waals surface area contributed by atoms with Crippen molar-refractivity contribution in [2.24, 2.45) is 0 Å². The van der Waals surface area contributed by atoms with Gasteiger partial charge < -0.3 is 24.3 Å². The number of halogens is 4. The van der Waals surface area contributed by atoms with Crippen molar-refractivity contribution in [1.82, 2.24) is 10.2 Å². The highest BCUT2D eigenvalue weighted by Crippen LogP contribution is 2.35. The number of hydrogen-bond acceptors (Lipinski definition) is 6. The Bertz CT molecular complexity index is 1050. The van der Waals surface area contributed by atoms with Gasteiger partial charge in [-0.2, -0.15) is 8.78 Å². The first-order valence-corrected chi connectivity index (χ1v) is 12.0. The number of ether oxygens (including phenoxy) is 2. The van der Waals surface area contributed by atoms with Crippen molar-refractivity contribution in [3.05, 3.63) is 51.5 Å². The van der Waals surface area contributed by atoms with Gasteiger partial charge in [0.15, 0.2) is 17.3 Å². The van der Waals surface area contributed by atoms with Crippen LogP contribution in [0.5, 0.6) is 11.5 Å². The maximum atomic E-state index is 14.9. The van der Waals surface area contributed by atoms with Crippen molar-refractivity contribution < 1.29 is 37.0 Å². The van der Waals surface area contributed by atoms with E-state index in [9.17, 15) is 23.1 Å². The first kappa shape index (κ1) is 24.9. The molecule has 7 nitrogen and oxygen atoms in total. The van der Waals surface area contributed by atoms with Gasteiger partial charge in [-0.15, -0.1) is 0 Å². The topological polar surface area (TPSA) is 84.2 Å². The summed E-state index contributed by atoms with van der Waals surface area (Å²) in [5.41, 5.74) is 0.733. The molecule has 3 heterocycles. The van der Waals surface area contributed by atoms with Crippen molar-refractivity contribution in [1.29, 1.82) is 0 Å². The molecule has 1 amide bonds. The summed E-state index contributed by atoms with van der Waals surface area (Å²) in [5, 5.41) is 13.3. The van der Waals surface area contributed by atoms with E-state index in [1.165, 1.54) is 0 Å². The fraction of sp³-hybridized carbons (Fsp3) is 0.435. The largest absolute Gasteiger partial charge is 0.486 e. The van der Waals surface area contributed by atoms with Crippen molar-refractivity contribution in [2.45, 2.75) is 30.7 Å². The average molecular weight is 592 g/mol. The van der Waals surface area contributed by atoms with E-state index in [0.29, 0.717) is 48.8 Å². The molecule has 2 aromatic rings. The standard InChI is InChI=1S/C23H24F3IN2O5/c24-16-4-6-29(11-16)12-17(21(30)15-1-2-18-19(10-15)33-8-7-32-18)28-22(31)23(25,26)20-9-14(3-5-27)13-34-20/h1-3,5,9-10,13,16-17,21,30H,4,6-8,11-12H2,(H,28,31)/b5-3+/t16-,17-,21-/m1/s1. The molecule has 11 heteroatoms. The lowest BCUT2D eigenvalue weighted by Gasteiger charge is -2.30. The minimum atomic E-state index is -3.98. The summed E-state index contributed by atoms with van der Waals surface area (Å²) in [5.74, 6) is -5.50. The molecule has 0 bridgehead atoms. The molecule has 184 valence electrons. The number of likely N-dealkylation sites (tertiary alicyclic amines) is 1. The lowest BCUT2D eigenvalue weighted by Crippen LogP contribution is -2.51. The second-order valence-corrected chi connectivity index (χ2v) is 8.90. The second kappa shape index (κ2) is 10.6. The molecule has 0 radical (unpaired) electrons. The number of benzene rings is 1. The Balaban J connectivity index is 1.55. The number of fused-ring (bicyclic) bond motifs is 1. The second-order valence-electron chi connectivity index (χ2n) is 8.18. The van der Waals surface area contributed by atoms with Gasteiger partial charge >= 0.3 is 5.92 Å². The van der Waals surface area contributed by atoms with Gasteiger partial charge in [0.1, 0.15) is 25.5 Å². The number of alkyl halides is 3. The molecular weight excluding hydrogens is 568 g/mol. The Morgan fingerprint density at radius 3 is 2.76 bits per heavy atom. The molecule has 0 saturated carbocycles. The maximum absolute atomic E-state index is 14.9. The fourth-order valence-electron chi connectivity index (χ4n) is 3.98. The molecule has 0 spiro atoms. The van der Waals surface area contributed by atoms with E-state index in [0.717, 1.165) is 12.3 Å². The van der Waals surface area contributed by atoms with Crippen molar-refractivity contribution in [2.75, 3.05) is 32.8 Å². The summed E-state index contributed by atoms with van der Waals surface area (Å²) in [6.07, 6.45) is 0.575. The fourth-order valence-corrected chi connectivity index (χ4v) is 4.39. The first-order valence-electron chi connectivity index (χ1n) is 10.8. The van der Waals surface area contributed by atoms with Crippen LogP contribution in [0, 0.1) is 0 Å². The van der Waals surface area contributed by atoms with Gasteiger partial charge in [-0.25, -0.2) is 4.39 Å². The molecule has 3 atom stereocenters. The highest BCUT2D eigenvalue weighted by atomic mass is 127. The van der Waals surface area contributed by atoms with Crippen LogP contribution in [0.15, 0.2) is 39.0 Å². The van der Waals surface area contributed by atoms with Crippen LogP contribution in [-0.4, -0.2) is 61.0 Å². The normalized spacial score (nSPS) is 20.4. The van der Waals surface area contributed by atoms with E-state index >= 15 is 0 Å². The number of hydrogen-bond donors (Lipinski definition) is 2. The molecule has 1 aromatic heterocycles. The third-order valence-corrected chi connectivity index (χ3v) is 6.10. The predicted octanol–water partition coefficient (Wildman–Crippen LogP) is 3.81. The number of aliphatic hydroxyl groups is 1. The lowest BCUT2D eigenvalue weighted by atomic mass is 10.00.